The minimum Gasteiger partial charge on any atom is -0.495 e. The lowest BCUT2D eigenvalue weighted by Crippen LogP contribution is -2.49. The molecular weight excluding hydrogens is 462 g/mol. The monoisotopic (exact) mass is 491 g/mol. The summed E-state index contributed by atoms with van der Waals surface area (Å²) >= 11 is 1.30. The molecule has 4 rings (SSSR count). The minimum atomic E-state index is -0.931. The molecule has 1 atom stereocenters. The van der Waals surface area contributed by atoms with E-state index in [9.17, 15) is 14.4 Å². The molecule has 0 spiro atoms. The second-order valence-electron chi connectivity index (χ2n) is 8.40. The number of rotatable bonds is 9. The molecule has 1 aromatic heterocycles. The van der Waals surface area contributed by atoms with Crippen LogP contribution in [0.4, 0.5) is 5.69 Å². The Kier molecular flexibility index (Phi) is 8.15. The first kappa shape index (κ1) is 24.5. The van der Waals surface area contributed by atoms with Crippen molar-refractivity contribution in [2.45, 2.75) is 37.8 Å². The fraction of sp³-hybridized carbons (Fsp3) is 0.296. The number of para-hydroxylation sites is 2. The Balaban J connectivity index is 1.70. The number of hydrogen-bond acceptors (Lipinski definition) is 5. The molecule has 1 heterocycles. The number of benzene rings is 2. The van der Waals surface area contributed by atoms with Gasteiger partial charge in [-0.2, -0.15) is 0 Å². The largest absolute Gasteiger partial charge is 0.495 e. The van der Waals surface area contributed by atoms with Gasteiger partial charge in [-0.05, 0) is 42.0 Å². The van der Waals surface area contributed by atoms with Crippen molar-refractivity contribution < 1.29 is 19.1 Å². The van der Waals surface area contributed by atoms with E-state index in [0.29, 0.717) is 21.9 Å². The molecule has 2 N–H and O–H groups in total. The molecule has 182 valence electrons. The summed E-state index contributed by atoms with van der Waals surface area (Å²) in [6.45, 7) is -0.269. The van der Waals surface area contributed by atoms with Crippen LogP contribution < -0.4 is 20.3 Å². The lowest BCUT2D eigenvalue weighted by molar-refractivity contribution is -0.126. The van der Waals surface area contributed by atoms with Gasteiger partial charge in [-0.25, -0.2) is 0 Å². The topological polar surface area (TPSA) is 87.7 Å². The lowest BCUT2D eigenvalue weighted by atomic mass is 10.0. The highest BCUT2D eigenvalue weighted by molar-refractivity contribution is 7.12. The van der Waals surface area contributed by atoms with Gasteiger partial charge in [0.25, 0.3) is 5.91 Å². The standard InChI is InChI=1S/C27H29N3O4S/c1-34-22-15-8-7-14-21(22)30(24(31)18-28-26(32)23-16-9-17-35-23)25(19-10-3-2-4-11-19)27(33)29-20-12-5-6-13-20/h2-4,7-11,14-17,20,25H,5-6,12-13,18H2,1H3,(H,28,32)(H,29,33)/t25-/m0/s1. The van der Waals surface area contributed by atoms with Crippen LogP contribution in [0.1, 0.15) is 47.0 Å². The number of anilines is 1. The maximum atomic E-state index is 13.7. The molecule has 1 aliphatic rings. The van der Waals surface area contributed by atoms with E-state index >= 15 is 0 Å². The molecule has 0 saturated heterocycles. The molecule has 2 aromatic carbocycles. The molecule has 7 nitrogen and oxygen atoms in total. The summed E-state index contributed by atoms with van der Waals surface area (Å²) in [6, 6.07) is 18.9. The van der Waals surface area contributed by atoms with Crippen LogP contribution in [0, 0.1) is 0 Å². The van der Waals surface area contributed by atoms with E-state index in [-0.39, 0.29) is 24.4 Å². The molecule has 0 unspecified atom stereocenters. The van der Waals surface area contributed by atoms with E-state index in [0.717, 1.165) is 25.7 Å². The van der Waals surface area contributed by atoms with Crippen molar-refractivity contribution in [3.63, 3.8) is 0 Å². The number of nitrogens with zero attached hydrogens (tertiary/aromatic N) is 1. The van der Waals surface area contributed by atoms with Crippen molar-refractivity contribution in [3.8, 4) is 5.75 Å². The third kappa shape index (κ3) is 5.89. The van der Waals surface area contributed by atoms with E-state index in [1.54, 1.807) is 41.8 Å². The van der Waals surface area contributed by atoms with E-state index in [4.69, 9.17) is 4.74 Å². The van der Waals surface area contributed by atoms with Crippen molar-refractivity contribution in [2.24, 2.45) is 0 Å². The summed E-state index contributed by atoms with van der Waals surface area (Å²) in [5, 5.41) is 7.65. The number of hydrogen-bond donors (Lipinski definition) is 2. The molecule has 8 heteroatoms. The van der Waals surface area contributed by atoms with Crippen molar-refractivity contribution in [3.05, 3.63) is 82.6 Å². The first-order valence-corrected chi connectivity index (χ1v) is 12.6. The van der Waals surface area contributed by atoms with Crippen LogP contribution in [0.15, 0.2) is 72.1 Å². The van der Waals surface area contributed by atoms with E-state index < -0.39 is 11.9 Å². The van der Waals surface area contributed by atoms with Gasteiger partial charge < -0.3 is 15.4 Å². The van der Waals surface area contributed by atoms with Gasteiger partial charge in [0.1, 0.15) is 11.8 Å². The summed E-state index contributed by atoms with van der Waals surface area (Å²) in [6.07, 6.45) is 4.00. The highest BCUT2D eigenvalue weighted by Gasteiger charge is 2.35. The van der Waals surface area contributed by atoms with Crippen molar-refractivity contribution in [1.29, 1.82) is 0 Å². The summed E-state index contributed by atoms with van der Waals surface area (Å²) < 4.78 is 5.55. The number of carbonyl (C=O) groups excluding carboxylic acids is 3. The van der Waals surface area contributed by atoms with Gasteiger partial charge in [0.05, 0.1) is 24.2 Å². The molecule has 3 aromatic rings. The lowest BCUT2D eigenvalue weighted by Gasteiger charge is -2.33. The number of carbonyl (C=O) groups is 3. The Bertz CT molecular complexity index is 1140. The smallest absolute Gasteiger partial charge is 0.261 e. The zero-order valence-electron chi connectivity index (χ0n) is 19.6. The summed E-state index contributed by atoms with van der Waals surface area (Å²) in [5.74, 6) is -0.554. The van der Waals surface area contributed by atoms with Crippen LogP contribution >= 0.6 is 11.3 Å². The van der Waals surface area contributed by atoms with Gasteiger partial charge in [-0.1, -0.05) is 61.4 Å². The highest BCUT2D eigenvalue weighted by Crippen LogP contribution is 2.35. The Morgan fingerprint density at radius 2 is 1.71 bits per heavy atom. The molecule has 1 saturated carbocycles. The quantitative estimate of drug-likeness (QED) is 0.467. The maximum Gasteiger partial charge on any atom is 0.261 e. The predicted molar refractivity (Wildman–Crippen MR) is 137 cm³/mol. The van der Waals surface area contributed by atoms with Gasteiger partial charge in [-0.3, -0.25) is 19.3 Å². The molecule has 1 fully saturated rings. The number of amides is 3. The van der Waals surface area contributed by atoms with Crippen LogP contribution in [0.2, 0.25) is 0 Å². The van der Waals surface area contributed by atoms with Gasteiger partial charge in [0.2, 0.25) is 11.8 Å². The Morgan fingerprint density at radius 3 is 2.40 bits per heavy atom. The number of nitrogens with one attached hydrogen (secondary N) is 2. The van der Waals surface area contributed by atoms with Crippen molar-refractivity contribution >= 4 is 34.7 Å². The molecule has 1 aliphatic carbocycles. The third-order valence-corrected chi connectivity index (χ3v) is 6.95. The van der Waals surface area contributed by atoms with E-state index in [1.165, 1.54) is 23.3 Å². The Morgan fingerprint density at radius 1 is 1.00 bits per heavy atom. The summed E-state index contributed by atoms with van der Waals surface area (Å²) in [5.41, 5.74) is 1.13. The Hall–Kier alpha value is -3.65. The second-order valence-corrected chi connectivity index (χ2v) is 9.35. The molecule has 0 aliphatic heterocycles. The van der Waals surface area contributed by atoms with Crippen LogP contribution in [0.5, 0.6) is 5.75 Å². The third-order valence-electron chi connectivity index (χ3n) is 6.08. The highest BCUT2D eigenvalue weighted by atomic mass is 32.1. The zero-order valence-corrected chi connectivity index (χ0v) is 20.4. The van der Waals surface area contributed by atoms with Crippen LogP contribution in [-0.4, -0.2) is 37.4 Å². The molecule has 0 bridgehead atoms. The maximum absolute atomic E-state index is 13.7. The van der Waals surface area contributed by atoms with E-state index in [2.05, 4.69) is 10.6 Å². The van der Waals surface area contributed by atoms with Gasteiger partial charge in [0.15, 0.2) is 0 Å². The zero-order chi connectivity index (χ0) is 24.6. The summed E-state index contributed by atoms with van der Waals surface area (Å²) in [4.78, 5) is 41.9. The number of ether oxygens (including phenoxy) is 1. The van der Waals surface area contributed by atoms with Crippen molar-refractivity contribution in [2.75, 3.05) is 18.6 Å². The summed E-state index contributed by atoms with van der Waals surface area (Å²) in [7, 11) is 1.52. The van der Waals surface area contributed by atoms with Gasteiger partial charge in [0, 0.05) is 6.04 Å². The molecule has 35 heavy (non-hydrogen) atoms. The minimum absolute atomic E-state index is 0.0851. The van der Waals surface area contributed by atoms with Crippen LogP contribution in [0.25, 0.3) is 0 Å². The van der Waals surface area contributed by atoms with Crippen LogP contribution in [-0.2, 0) is 9.59 Å². The fourth-order valence-electron chi connectivity index (χ4n) is 4.39. The molecule has 0 radical (unpaired) electrons. The van der Waals surface area contributed by atoms with Gasteiger partial charge in [-0.15, -0.1) is 11.3 Å². The first-order chi connectivity index (χ1) is 17.1. The molecule has 3 amide bonds. The molecular formula is C27H29N3O4S. The average molecular weight is 492 g/mol. The number of thiophene rings is 1. The van der Waals surface area contributed by atoms with Crippen molar-refractivity contribution in [1.82, 2.24) is 10.6 Å². The number of methoxy groups -OCH3 is 1. The Labute approximate surface area is 209 Å². The predicted octanol–water partition coefficient (Wildman–Crippen LogP) is 4.32. The second kappa shape index (κ2) is 11.7. The first-order valence-electron chi connectivity index (χ1n) is 11.7. The normalized spacial score (nSPS) is 14.2. The fourth-order valence-corrected chi connectivity index (χ4v) is 5.03. The van der Waals surface area contributed by atoms with Gasteiger partial charge >= 0.3 is 0 Å². The van der Waals surface area contributed by atoms with E-state index in [1.807, 2.05) is 30.3 Å². The SMILES string of the molecule is COc1ccccc1N(C(=O)CNC(=O)c1cccs1)[C@H](C(=O)NC1CCCC1)c1ccccc1. The van der Waals surface area contributed by atoms with Crippen LogP contribution in [0.3, 0.4) is 0 Å². The average Bonchev–Trinajstić information content (AvgIpc) is 3.61.